The lowest BCUT2D eigenvalue weighted by molar-refractivity contribution is -0.0431. The minimum Gasteiger partial charge on any atom is -0.310 e. The average Bonchev–Trinajstić information content (AvgIpc) is 1.61. The van der Waals surface area contributed by atoms with Gasteiger partial charge >= 0.3 is 0 Å². The van der Waals surface area contributed by atoms with E-state index < -0.39 is 0 Å². The molecule has 0 radical (unpaired) electrons. The van der Waals surface area contributed by atoms with Crippen molar-refractivity contribution < 1.29 is 8.78 Å². The first-order valence-electron chi connectivity index (χ1n) is 36.4. The van der Waals surface area contributed by atoms with Crippen molar-refractivity contribution >= 4 is 102 Å². The van der Waals surface area contributed by atoms with Crippen LogP contribution in [0.15, 0.2) is 315 Å². The van der Waals surface area contributed by atoms with E-state index in [1.54, 1.807) is 23.8 Å². The van der Waals surface area contributed by atoms with Crippen LogP contribution in [-0.4, -0.2) is 6.71 Å². The Morgan fingerprint density at radius 2 is 0.901 bits per heavy atom. The summed E-state index contributed by atoms with van der Waals surface area (Å²) in [6.07, 6.45) is 21.6. The number of rotatable bonds is 12. The summed E-state index contributed by atoms with van der Waals surface area (Å²) in [5.41, 5.74) is 27.7. The second kappa shape index (κ2) is 24.0. The molecule has 0 aromatic heterocycles. The molecule has 7 heteroatoms. The number of nitrogens with zero attached hydrogens (tertiary/aromatic N) is 4. The van der Waals surface area contributed by atoms with Gasteiger partial charge in [0, 0.05) is 90.0 Å². The van der Waals surface area contributed by atoms with Gasteiger partial charge in [-0.2, -0.15) is 0 Å². The van der Waals surface area contributed by atoms with Gasteiger partial charge in [0.05, 0.1) is 17.1 Å². The fourth-order valence-corrected chi connectivity index (χ4v) is 20.3. The Morgan fingerprint density at radius 1 is 0.386 bits per heavy atom. The maximum atomic E-state index is 18.9. The number of fused-ring (bicyclic) bond motifs is 6. The van der Waals surface area contributed by atoms with Crippen LogP contribution in [-0.2, 0) is 5.41 Å². The number of allylic oxidation sites excluding steroid dienone is 8. The molecule has 12 aromatic rings. The van der Waals surface area contributed by atoms with Gasteiger partial charge in [-0.3, -0.25) is 0 Å². The molecule has 9 aliphatic rings. The highest BCUT2D eigenvalue weighted by Crippen LogP contribution is 2.73. The Bertz CT molecular complexity index is 5320. The molecule has 0 unspecified atom stereocenters. The summed E-state index contributed by atoms with van der Waals surface area (Å²) in [7, 11) is 0. The Labute approximate surface area is 590 Å². The van der Waals surface area contributed by atoms with Crippen LogP contribution in [0.1, 0.15) is 74.5 Å². The molecule has 486 valence electrons. The first-order valence-corrected chi connectivity index (χ1v) is 36.4. The van der Waals surface area contributed by atoms with Gasteiger partial charge in [0.1, 0.15) is 11.6 Å². The van der Waals surface area contributed by atoms with Crippen molar-refractivity contribution in [2.24, 2.45) is 23.7 Å². The summed E-state index contributed by atoms with van der Waals surface area (Å²) in [5.74, 6) is 1.74. The average molecular weight is 1310 g/mol. The second-order valence-electron chi connectivity index (χ2n) is 29.1. The van der Waals surface area contributed by atoms with Gasteiger partial charge in [-0.25, -0.2) is 8.78 Å². The molecule has 4 fully saturated rings. The standard InChI is InChI=1S/C94H73BF2N4/c96-83-47-24-20-41-75(83)76-44-27-43-73(63-28-7-1-8-29-63)92(76)100-85-49-26-23-46-81(85)95-82-51-50-71(98(67-32-11-3-12-33-67)68-34-13-4-14-35-68)57-86(82)101(88-59-72(58-87(100)91(88)95)99(69-36-15-5-16-37-69)70-38-17-6-18-39-70)93-78(64-30-9-2-10-31-64)60-79-74-40-19-22-45-80(74)94(65-53-61-52-62(55-65)56-66(94)54-61)90(79)89(93)77-42-21-25-48-84(77)97/h1-9,11-21,23-30,32-44,46-51,57-62,65-66H,10,22,31,45,52-56H2. The van der Waals surface area contributed by atoms with Crippen LogP contribution in [0.3, 0.4) is 0 Å². The molecule has 12 aromatic carbocycles. The smallest absolute Gasteiger partial charge is 0.252 e. The van der Waals surface area contributed by atoms with Gasteiger partial charge in [0.25, 0.3) is 6.71 Å². The van der Waals surface area contributed by atoms with Crippen LogP contribution in [0.5, 0.6) is 0 Å². The van der Waals surface area contributed by atoms with Crippen LogP contribution in [0, 0.1) is 35.3 Å². The van der Waals surface area contributed by atoms with Crippen molar-refractivity contribution in [3.63, 3.8) is 0 Å². The van der Waals surface area contributed by atoms with Crippen LogP contribution in [0.2, 0.25) is 0 Å². The third-order valence-corrected chi connectivity index (χ3v) is 23.9. The maximum Gasteiger partial charge on any atom is 0.252 e. The SMILES string of the molecule is Fc1ccccc1-c1cccc(-c2ccccc2)c1N1c2ccccc2B2c3ccc(N(c4ccccc4)c4ccccc4)cc3N(c3c(C4=CC=CCC4)cc4c(c3-c3ccccc3F)C3(C5=C4C=CCC5)C4CC5CC(C4)CC3C5)c3cc(N(c4ccccc4)c4ccccc4)cc1c32. The minimum absolute atomic E-state index is 0.221. The van der Waals surface area contributed by atoms with Crippen molar-refractivity contribution in [1.29, 1.82) is 0 Å². The molecule has 2 heterocycles. The van der Waals surface area contributed by atoms with Crippen LogP contribution in [0.4, 0.5) is 77.0 Å². The first-order chi connectivity index (χ1) is 50.0. The summed E-state index contributed by atoms with van der Waals surface area (Å²) in [6.45, 7) is -0.340. The largest absolute Gasteiger partial charge is 0.310 e. The summed E-state index contributed by atoms with van der Waals surface area (Å²) in [6, 6.07) is 98.9. The van der Waals surface area contributed by atoms with Gasteiger partial charge in [0.2, 0.25) is 0 Å². The second-order valence-corrected chi connectivity index (χ2v) is 29.1. The minimum atomic E-state index is -0.340. The summed E-state index contributed by atoms with van der Waals surface area (Å²) in [4.78, 5) is 9.96. The Hall–Kier alpha value is -11.3. The van der Waals surface area contributed by atoms with Gasteiger partial charge in [0.15, 0.2) is 0 Å². The van der Waals surface area contributed by atoms with Crippen molar-refractivity contribution in [1.82, 2.24) is 0 Å². The predicted octanol–water partition coefficient (Wildman–Crippen LogP) is 23.5. The fourth-order valence-electron chi connectivity index (χ4n) is 20.3. The number of benzene rings is 12. The highest BCUT2D eigenvalue weighted by molar-refractivity contribution is 7.00. The molecule has 0 saturated heterocycles. The number of para-hydroxylation sites is 6. The Morgan fingerprint density at radius 3 is 1.51 bits per heavy atom. The molecule has 4 saturated carbocycles. The zero-order valence-corrected chi connectivity index (χ0v) is 56.2. The molecule has 1 spiro atoms. The number of anilines is 12. The topological polar surface area (TPSA) is 13.0 Å². The van der Waals surface area contributed by atoms with E-state index >= 15 is 8.78 Å². The van der Waals surface area contributed by atoms with E-state index in [9.17, 15) is 0 Å². The third-order valence-electron chi connectivity index (χ3n) is 23.9. The normalized spacial score (nSPS) is 19.9. The van der Waals surface area contributed by atoms with E-state index in [1.807, 2.05) is 18.2 Å². The van der Waals surface area contributed by atoms with Crippen molar-refractivity contribution in [2.75, 3.05) is 19.6 Å². The molecular formula is C94H73BF2N4. The quantitative estimate of drug-likeness (QED) is 0.113. The van der Waals surface area contributed by atoms with Crippen molar-refractivity contribution in [2.45, 2.75) is 63.2 Å². The van der Waals surface area contributed by atoms with E-state index in [0.717, 1.165) is 138 Å². The van der Waals surface area contributed by atoms with Gasteiger partial charge in [-0.05, 0) is 223 Å². The summed E-state index contributed by atoms with van der Waals surface area (Å²) < 4.78 is 36.2. The monoisotopic (exact) mass is 1310 g/mol. The number of hydrogen-bond acceptors (Lipinski definition) is 4. The molecule has 0 atom stereocenters. The van der Waals surface area contributed by atoms with E-state index in [4.69, 9.17) is 0 Å². The van der Waals surface area contributed by atoms with Gasteiger partial charge in [-0.1, -0.05) is 218 Å². The van der Waals surface area contributed by atoms with Crippen LogP contribution < -0.4 is 36.0 Å². The van der Waals surface area contributed by atoms with Crippen LogP contribution in [0.25, 0.3) is 44.5 Å². The molecule has 7 aliphatic carbocycles. The van der Waals surface area contributed by atoms with Crippen molar-refractivity contribution in [3.8, 4) is 33.4 Å². The Balaban J connectivity index is 0.989. The van der Waals surface area contributed by atoms with E-state index in [2.05, 4.69) is 293 Å². The molecule has 4 bridgehead atoms. The molecule has 2 aliphatic heterocycles. The lowest BCUT2D eigenvalue weighted by atomic mass is 9.33. The van der Waals surface area contributed by atoms with Crippen molar-refractivity contribution in [3.05, 3.63) is 343 Å². The maximum absolute atomic E-state index is 18.9. The highest BCUT2D eigenvalue weighted by atomic mass is 19.1. The fraction of sp³-hybridized carbons (Fsp3) is 0.149. The number of halogens is 2. The van der Waals surface area contributed by atoms with E-state index in [1.165, 1.54) is 54.4 Å². The Kier molecular flexibility index (Phi) is 14.2. The lowest BCUT2D eigenvalue weighted by Crippen LogP contribution is -2.61. The predicted molar refractivity (Wildman–Crippen MR) is 416 cm³/mol. The highest BCUT2D eigenvalue weighted by Gasteiger charge is 2.63. The molecule has 0 amide bonds. The summed E-state index contributed by atoms with van der Waals surface area (Å²) in [5, 5.41) is 0. The third kappa shape index (κ3) is 9.31. The van der Waals surface area contributed by atoms with Gasteiger partial charge < -0.3 is 19.6 Å². The molecule has 21 rings (SSSR count). The lowest BCUT2D eigenvalue weighted by Gasteiger charge is -2.62. The summed E-state index contributed by atoms with van der Waals surface area (Å²) >= 11 is 0. The van der Waals surface area contributed by atoms with E-state index in [0.29, 0.717) is 34.8 Å². The first kappa shape index (κ1) is 59.8. The zero-order valence-electron chi connectivity index (χ0n) is 56.2. The molecule has 0 N–H and O–H groups in total. The van der Waals surface area contributed by atoms with E-state index in [-0.39, 0.29) is 23.8 Å². The molecule has 101 heavy (non-hydrogen) atoms. The number of hydrogen-bond donors (Lipinski definition) is 0. The van der Waals surface area contributed by atoms with Crippen LogP contribution >= 0.6 is 0 Å². The molecule has 4 nitrogen and oxygen atoms in total. The van der Waals surface area contributed by atoms with Gasteiger partial charge in [-0.15, -0.1) is 0 Å². The zero-order chi connectivity index (χ0) is 66.9. The molecular weight excluding hydrogens is 1230 g/mol.